The summed E-state index contributed by atoms with van der Waals surface area (Å²) >= 11 is 0. The number of sulfonamides is 1. The average Bonchev–Trinajstić information content (AvgIpc) is 4.09. The summed E-state index contributed by atoms with van der Waals surface area (Å²) in [6.45, 7) is 7.86. The number of nitrogens with zero attached hydrogens (tertiary/aromatic N) is 3. The fraction of sp³-hybridized carbons (Fsp3) is 0.615. The summed E-state index contributed by atoms with van der Waals surface area (Å²) in [5.41, 5.74) is -2.41. The second-order valence-corrected chi connectivity index (χ2v) is 18.2. The molecule has 17 nitrogen and oxygen atoms in total. The van der Waals surface area contributed by atoms with Crippen LogP contribution in [0.2, 0.25) is 0 Å². The number of anilines is 1. The number of methoxy groups -OCH3 is 1. The first-order valence-electron chi connectivity index (χ1n) is 19.6. The normalized spacial score (nSPS) is 27.3. The van der Waals surface area contributed by atoms with Crippen molar-refractivity contribution < 1.29 is 51.3 Å². The van der Waals surface area contributed by atoms with Gasteiger partial charge < -0.3 is 44.1 Å². The Bertz CT molecular complexity index is 2010. The summed E-state index contributed by atoms with van der Waals surface area (Å²) in [5, 5.41) is 6.42. The van der Waals surface area contributed by atoms with Crippen LogP contribution in [-0.2, 0) is 38.6 Å². The largest absolute Gasteiger partial charge is 0.497 e. The van der Waals surface area contributed by atoms with E-state index in [0.29, 0.717) is 68.4 Å². The molecule has 2 aliphatic carbocycles. The number of carbonyl (C=O) groups is 4. The third kappa shape index (κ3) is 9.39. The number of aromatic nitrogens is 1. The monoisotopic (exact) mass is 812 g/mol. The lowest BCUT2D eigenvalue weighted by Gasteiger charge is -2.30. The average molecular weight is 813 g/mol. The van der Waals surface area contributed by atoms with Gasteiger partial charge in [-0.1, -0.05) is 12.2 Å². The number of fused-ring (bicyclic) bond motifs is 3. The van der Waals surface area contributed by atoms with Crippen LogP contribution >= 0.6 is 0 Å². The molecule has 7 rings (SSSR count). The highest BCUT2D eigenvalue weighted by Crippen LogP contribution is 2.46. The fourth-order valence-corrected chi connectivity index (χ4v) is 8.89. The first kappa shape index (κ1) is 40.5. The van der Waals surface area contributed by atoms with Gasteiger partial charge >= 0.3 is 6.09 Å². The van der Waals surface area contributed by atoms with Gasteiger partial charge in [-0.25, -0.2) is 13.2 Å². The summed E-state index contributed by atoms with van der Waals surface area (Å²) in [7, 11) is -2.34. The molecule has 5 atom stereocenters. The molecule has 3 aliphatic heterocycles. The molecule has 57 heavy (non-hydrogen) atoms. The van der Waals surface area contributed by atoms with Gasteiger partial charge in [-0.3, -0.25) is 19.1 Å². The zero-order valence-electron chi connectivity index (χ0n) is 32.8. The van der Waals surface area contributed by atoms with E-state index in [-0.39, 0.29) is 39.0 Å². The summed E-state index contributed by atoms with van der Waals surface area (Å²) < 4.78 is 56.9. The van der Waals surface area contributed by atoms with Crippen molar-refractivity contribution in [1.82, 2.24) is 25.2 Å². The maximum absolute atomic E-state index is 14.6. The number of amides is 4. The van der Waals surface area contributed by atoms with Crippen molar-refractivity contribution in [1.29, 1.82) is 0 Å². The molecule has 2 saturated carbocycles. The lowest BCUT2D eigenvalue weighted by molar-refractivity contribution is -0.141. The van der Waals surface area contributed by atoms with E-state index >= 15 is 0 Å². The number of carbonyl (C=O) groups excluding carboxylic acids is 4. The van der Waals surface area contributed by atoms with Crippen molar-refractivity contribution in [3.05, 3.63) is 36.4 Å². The number of nitrogens with one attached hydrogen (secondary N) is 3. The minimum atomic E-state index is -3.93. The first-order valence-corrected chi connectivity index (χ1v) is 21.1. The van der Waals surface area contributed by atoms with Crippen LogP contribution in [0.1, 0.15) is 59.3 Å². The van der Waals surface area contributed by atoms with Gasteiger partial charge in [0.05, 0.1) is 38.7 Å². The number of rotatable bonds is 8. The smallest absolute Gasteiger partial charge is 0.408 e. The van der Waals surface area contributed by atoms with Gasteiger partial charge in [0, 0.05) is 37.4 Å². The molecule has 4 amide bonds. The van der Waals surface area contributed by atoms with Crippen LogP contribution in [0.5, 0.6) is 11.6 Å². The van der Waals surface area contributed by atoms with Crippen LogP contribution in [0.4, 0.5) is 10.6 Å². The van der Waals surface area contributed by atoms with E-state index in [1.807, 2.05) is 18.2 Å². The van der Waals surface area contributed by atoms with Crippen molar-refractivity contribution >= 4 is 50.4 Å². The van der Waals surface area contributed by atoms with E-state index in [4.69, 9.17) is 28.7 Å². The van der Waals surface area contributed by atoms with Crippen LogP contribution in [0, 0.1) is 5.92 Å². The Morgan fingerprint density at radius 3 is 2.54 bits per heavy atom. The minimum absolute atomic E-state index is 0.0134. The number of hydrogen-bond acceptors (Lipinski definition) is 13. The van der Waals surface area contributed by atoms with Crippen molar-refractivity contribution in [2.75, 3.05) is 58.1 Å². The fourth-order valence-electron chi connectivity index (χ4n) is 7.53. The molecule has 0 spiro atoms. The van der Waals surface area contributed by atoms with Gasteiger partial charge in [0.15, 0.2) is 0 Å². The Morgan fingerprint density at radius 1 is 1.05 bits per heavy atom. The molecule has 0 radical (unpaired) electrons. The summed E-state index contributed by atoms with van der Waals surface area (Å²) in [6, 6.07) is 5.23. The maximum Gasteiger partial charge on any atom is 0.408 e. The predicted octanol–water partition coefficient (Wildman–Crippen LogP) is 2.17. The summed E-state index contributed by atoms with van der Waals surface area (Å²) in [5.74, 6) is -0.941. The first-order chi connectivity index (χ1) is 27.2. The number of benzene rings is 1. The Hall–Kier alpha value is -4.68. The summed E-state index contributed by atoms with van der Waals surface area (Å²) in [6.07, 6.45) is 3.58. The second kappa shape index (κ2) is 16.3. The van der Waals surface area contributed by atoms with E-state index in [9.17, 15) is 27.6 Å². The van der Waals surface area contributed by atoms with E-state index < -0.39 is 74.3 Å². The highest BCUT2D eigenvalue weighted by atomic mass is 32.2. The molecule has 1 unspecified atom stereocenters. The molecule has 4 heterocycles. The van der Waals surface area contributed by atoms with Crippen molar-refractivity contribution in [2.24, 2.45) is 5.92 Å². The van der Waals surface area contributed by atoms with Gasteiger partial charge in [0.1, 0.15) is 40.9 Å². The van der Waals surface area contributed by atoms with Crippen molar-refractivity contribution in [3.63, 3.8) is 0 Å². The molecule has 0 bridgehead atoms. The highest BCUT2D eigenvalue weighted by Gasteiger charge is 2.62. The Labute approximate surface area is 332 Å². The van der Waals surface area contributed by atoms with Gasteiger partial charge in [0.25, 0.3) is 5.91 Å². The van der Waals surface area contributed by atoms with Gasteiger partial charge in [-0.15, -0.1) is 0 Å². The minimum Gasteiger partial charge on any atom is -0.497 e. The number of alkyl carbamates (subject to hydrolysis) is 1. The molecule has 2 aromatic rings. The van der Waals surface area contributed by atoms with E-state index in [2.05, 4.69) is 20.3 Å². The van der Waals surface area contributed by atoms with Gasteiger partial charge in [0.2, 0.25) is 27.7 Å². The zero-order chi connectivity index (χ0) is 40.5. The lowest BCUT2D eigenvalue weighted by atomic mass is 10.1. The third-order valence-corrected chi connectivity index (χ3v) is 12.6. The topological polar surface area (TPSA) is 204 Å². The van der Waals surface area contributed by atoms with Crippen molar-refractivity contribution in [3.8, 4) is 11.6 Å². The zero-order valence-corrected chi connectivity index (χ0v) is 33.6. The van der Waals surface area contributed by atoms with Crippen molar-refractivity contribution in [2.45, 2.75) is 93.9 Å². The molecule has 310 valence electrons. The van der Waals surface area contributed by atoms with Crippen LogP contribution < -0.4 is 29.7 Å². The van der Waals surface area contributed by atoms with Gasteiger partial charge in [-0.05, 0) is 82.5 Å². The molecule has 1 aromatic carbocycles. The van der Waals surface area contributed by atoms with Crippen LogP contribution in [0.3, 0.4) is 0 Å². The molecule has 2 saturated heterocycles. The maximum atomic E-state index is 14.6. The second-order valence-electron chi connectivity index (χ2n) is 16.2. The standard InChI is InChI=1S/C39H52N6O11S/c1-38(2,3)56-37(49)40-30-8-6-16-53-15-5-7-25-22-39(25,36(48)43-57(50,51)28-10-11-28)42-33(46)31-21-27(23-45(31)35(30)47)55-34-29-12-9-26(52-4)19-24(29)20-32(41-34)44-13-17-54-18-14-44/h5,7,9,12,19-20,25,27-28,30-31H,6,8,10-11,13-18,21-23H2,1-4H3,(H,40,49)(H,42,46)(H,43,48)/t25-,27?,30+,31+,39-/m1/s1. The molecule has 1 aromatic heterocycles. The summed E-state index contributed by atoms with van der Waals surface area (Å²) in [4.78, 5) is 64.3. The molecular weight excluding hydrogens is 761 g/mol. The SMILES string of the molecule is COc1ccc2c(OC3C[C@H]4C(=O)N[C@]5(C(=O)NS(=O)(=O)C6CC6)C[C@H]5C=CCOCCC[C@H](NC(=O)OC(C)(C)C)C(=O)N4C3)nc(N3CCOCC3)cc2c1. The van der Waals surface area contributed by atoms with Gasteiger partial charge in [-0.2, -0.15) is 4.98 Å². The Morgan fingerprint density at radius 2 is 1.82 bits per heavy atom. The molecule has 5 aliphatic rings. The quantitative estimate of drug-likeness (QED) is 0.328. The molecular formula is C39H52N6O11S. The Kier molecular flexibility index (Phi) is 11.6. The van der Waals surface area contributed by atoms with E-state index in [1.165, 1.54) is 4.90 Å². The molecule has 3 N–H and O–H groups in total. The van der Waals surface area contributed by atoms with Crippen LogP contribution in [0.15, 0.2) is 36.4 Å². The highest BCUT2D eigenvalue weighted by molar-refractivity contribution is 7.91. The van der Waals surface area contributed by atoms with E-state index in [1.54, 1.807) is 46.1 Å². The Balaban J connectivity index is 1.21. The number of hydrogen-bond donors (Lipinski definition) is 3. The van der Waals surface area contributed by atoms with Crippen LogP contribution in [-0.4, -0.2) is 130 Å². The third-order valence-electron chi connectivity index (χ3n) is 10.8. The predicted molar refractivity (Wildman–Crippen MR) is 207 cm³/mol. The lowest BCUT2D eigenvalue weighted by Crippen LogP contribution is -2.58. The molecule has 4 fully saturated rings. The van der Waals surface area contributed by atoms with E-state index in [0.717, 1.165) is 5.39 Å². The number of morpholine rings is 1. The molecule has 18 heteroatoms. The number of pyridine rings is 1. The van der Waals surface area contributed by atoms with Crippen LogP contribution in [0.25, 0.3) is 10.8 Å². The number of ether oxygens (including phenoxy) is 5.